The number of benzene rings is 1. The van der Waals surface area contributed by atoms with Crippen LogP contribution in [0.15, 0.2) is 21.1 Å². The topological polar surface area (TPSA) is 111 Å². The third kappa shape index (κ3) is 8.90. The summed E-state index contributed by atoms with van der Waals surface area (Å²) in [6.07, 6.45) is 9.34. The zero-order valence-corrected chi connectivity index (χ0v) is 34.6. The Labute approximate surface area is 307 Å². The van der Waals surface area contributed by atoms with Crippen molar-refractivity contribution in [3.05, 3.63) is 42.6 Å². The second-order valence-corrected chi connectivity index (χ2v) is 17.0. The first kappa shape index (κ1) is 36.6. The summed E-state index contributed by atoms with van der Waals surface area (Å²) in [6, 6.07) is 1.86. The van der Waals surface area contributed by atoms with Crippen molar-refractivity contribution >= 4 is 133 Å². The Morgan fingerprint density at radius 3 is 1.75 bits per heavy atom. The fraction of sp³-hybridized carbons (Fsp3) is 0.704. The van der Waals surface area contributed by atoms with Crippen LogP contribution in [0.25, 0.3) is 22.0 Å². The molecule has 13 heteroatoms. The molecule has 10 atom stereocenters. The van der Waals surface area contributed by atoms with E-state index in [2.05, 4.69) is 112 Å². The second kappa shape index (κ2) is 17.2. The van der Waals surface area contributed by atoms with Crippen molar-refractivity contribution in [1.82, 2.24) is 0 Å². The van der Waals surface area contributed by atoms with E-state index < -0.39 is 12.2 Å². The molecule has 2 saturated heterocycles. The summed E-state index contributed by atoms with van der Waals surface area (Å²) in [5.74, 6) is 0.942. The van der Waals surface area contributed by atoms with Crippen LogP contribution in [0.2, 0.25) is 0 Å². The van der Waals surface area contributed by atoms with Crippen molar-refractivity contribution in [3.63, 3.8) is 0 Å². The maximum atomic E-state index is 11.8. The summed E-state index contributed by atoms with van der Waals surface area (Å²) in [5.41, 5.74) is 1.42. The number of nitrogens with zero attached hydrogens (tertiary/aromatic N) is 3. The Hall–Kier alpha value is 2.15. The van der Waals surface area contributed by atoms with Crippen LogP contribution in [0, 0.1) is 11.8 Å². The SMILES string of the molecule is [In+3].[O-]C1C(Br)CC(Br)C2CCC[N-]C12.[O-]C1C(Br)CC(Br)C2CCC[N-]C12.[O-]c1c(Br)cc(Br)c2c1[N-]CC=C2. The van der Waals surface area contributed by atoms with Gasteiger partial charge in [-0.1, -0.05) is 127 Å². The first-order valence-corrected chi connectivity index (χ1v) is 18.6. The van der Waals surface area contributed by atoms with Crippen LogP contribution < -0.4 is 15.3 Å². The molecule has 1 aromatic carbocycles. The number of fused-ring (bicyclic) bond motifs is 3. The Morgan fingerprint density at radius 1 is 0.750 bits per heavy atom. The van der Waals surface area contributed by atoms with Crippen LogP contribution in [-0.2, 0) is 0 Å². The molecule has 0 N–H and O–H groups in total. The molecule has 6 rings (SSSR count). The number of halogens is 6. The van der Waals surface area contributed by atoms with Gasteiger partial charge in [0.2, 0.25) is 0 Å². The molecule has 4 fully saturated rings. The molecule has 2 aliphatic carbocycles. The van der Waals surface area contributed by atoms with Gasteiger partial charge in [0.1, 0.15) is 0 Å². The molecule has 6 nitrogen and oxygen atoms in total. The van der Waals surface area contributed by atoms with Gasteiger partial charge in [-0.05, 0) is 36.3 Å². The van der Waals surface area contributed by atoms with Crippen molar-refractivity contribution in [2.24, 2.45) is 11.8 Å². The van der Waals surface area contributed by atoms with Gasteiger partial charge in [0.05, 0.1) is 0 Å². The summed E-state index contributed by atoms with van der Waals surface area (Å²) in [6.45, 7) is 2.36. The van der Waals surface area contributed by atoms with Crippen molar-refractivity contribution in [2.75, 3.05) is 19.6 Å². The summed E-state index contributed by atoms with van der Waals surface area (Å²) in [4.78, 5) is 1.16. The minimum Gasteiger partial charge on any atom is -0.873 e. The fourth-order valence-electron chi connectivity index (χ4n) is 5.94. The molecule has 40 heavy (non-hydrogen) atoms. The van der Waals surface area contributed by atoms with Gasteiger partial charge >= 0.3 is 25.8 Å². The number of hydrogen-bond donors (Lipinski definition) is 0. The van der Waals surface area contributed by atoms with Crippen molar-refractivity contribution in [1.29, 1.82) is 0 Å². The second-order valence-electron chi connectivity index (χ2n) is 10.5. The molecule has 1 aromatic rings. The molecule has 2 saturated carbocycles. The zero-order chi connectivity index (χ0) is 28.3. The molecule has 0 amide bonds. The van der Waals surface area contributed by atoms with Gasteiger partial charge in [-0.25, -0.2) is 0 Å². The quantitative estimate of drug-likeness (QED) is 0.276. The Kier molecular flexibility index (Phi) is 15.7. The standard InChI is InChI=1S/2C9H13Br2NO.C9H6Br2NO.In/c3*10-6-4-7(11)9(13)8-5(6)2-1-3-12-8;/h2*5-9H,1-4H2;1-2,4,13H,3H2;/q2*-2;-1;+3/p-1. The normalized spacial score (nSPS) is 37.9. The Balaban J connectivity index is 0.000000163. The summed E-state index contributed by atoms with van der Waals surface area (Å²) >= 11 is 20.8. The van der Waals surface area contributed by atoms with E-state index >= 15 is 0 Å². The average molecular weight is 1040 g/mol. The van der Waals surface area contributed by atoms with Gasteiger partial charge < -0.3 is 31.3 Å². The molecule has 0 aromatic heterocycles. The molecule has 0 spiro atoms. The molecule has 3 aliphatic heterocycles. The minimum atomic E-state index is -0.529. The minimum absolute atomic E-state index is 0. The number of hydrogen-bond acceptors (Lipinski definition) is 3. The first-order valence-electron chi connectivity index (χ1n) is 13.3. The third-order valence-corrected chi connectivity index (χ3v) is 13.1. The first-order chi connectivity index (χ1) is 18.6. The summed E-state index contributed by atoms with van der Waals surface area (Å²) in [5, 5.41) is 48.3. The van der Waals surface area contributed by atoms with Crippen LogP contribution in [0.1, 0.15) is 44.1 Å². The summed E-state index contributed by atoms with van der Waals surface area (Å²) < 4.78 is 1.45. The molecule has 220 valence electrons. The van der Waals surface area contributed by atoms with Gasteiger partial charge in [-0.2, -0.15) is 0 Å². The van der Waals surface area contributed by atoms with E-state index in [4.69, 9.17) is 0 Å². The van der Waals surface area contributed by atoms with E-state index in [9.17, 15) is 15.3 Å². The van der Waals surface area contributed by atoms with Crippen LogP contribution >= 0.6 is 95.6 Å². The molecule has 0 bridgehead atoms. The van der Waals surface area contributed by atoms with Crippen LogP contribution in [0.4, 0.5) is 5.69 Å². The maximum Gasteiger partial charge on any atom is 3.00 e. The van der Waals surface area contributed by atoms with Gasteiger partial charge in [0.15, 0.2) is 0 Å². The van der Waals surface area contributed by atoms with E-state index in [0.29, 0.717) is 38.2 Å². The van der Waals surface area contributed by atoms with E-state index in [1.807, 2.05) is 12.2 Å². The van der Waals surface area contributed by atoms with Crippen LogP contribution in [0.5, 0.6) is 5.75 Å². The molecule has 10 unspecified atom stereocenters. The van der Waals surface area contributed by atoms with Crippen molar-refractivity contribution in [3.8, 4) is 5.75 Å². The van der Waals surface area contributed by atoms with E-state index in [1.165, 1.54) is 12.8 Å². The van der Waals surface area contributed by atoms with E-state index in [0.717, 1.165) is 48.8 Å². The van der Waals surface area contributed by atoms with Crippen LogP contribution in [-0.4, -0.2) is 89.1 Å². The molecular weight excluding hydrogens is 1010 g/mol. The zero-order valence-electron chi connectivity index (χ0n) is 21.8. The number of rotatable bonds is 0. The van der Waals surface area contributed by atoms with Crippen molar-refractivity contribution < 1.29 is 15.3 Å². The third-order valence-electron chi connectivity index (χ3n) is 8.00. The predicted octanol–water partition coefficient (Wildman–Crippen LogP) is 6.53. The van der Waals surface area contributed by atoms with Gasteiger partial charge in [-0.3, -0.25) is 0 Å². The monoisotopic (exact) mass is 1030 g/mol. The van der Waals surface area contributed by atoms with Crippen molar-refractivity contribution in [2.45, 2.75) is 82.1 Å². The van der Waals surface area contributed by atoms with E-state index in [1.54, 1.807) is 6.07 Å². The summed E-state index contributed by atoms with van der Waals surface area (Å²) in [7, 11) is 0. The number of piperidine rings is 2. The van der Waals surface area contributed by atoms with Gasteiger partial charge in [-0.15, -0.1) is 61.4 Å². The predicted molar refractivity (Wildman–Crippen MR) is 181 cm³/mol. The number of alkyl halides is 4. The average Bonchev–Trinajstić information content (AvgIpc) is 2.94. The molecule has 0 radical (unpaired) electrons. The molecule has 5 aliphatic rings. The van der Waals surface area contributed by atoms with E-state index in [-0.39, 0.29) is 53.3 Å². The Bertz CT molecular complexity index is 971. The van der Waals surface area contributed by atoms with Gasteiger partial charge in [0, 0.05) is 28.3 Å². The van der Waals surface area contributed by atoms with Crippen LogP contribution in [0.3, 0.4) is 0 Å². The largest absolute Gasteiger partial charge is 3.00 e. The smallest absolute Gasteiger partial charge is 0.873 e. The van der Waals surface area contributed by atoms with Gasteiger partial charge in [0.25, 0.3) is 0 Å². The Morgan fingerprint density at radius 2 is 1.25 bits per heavy atom. The molecule has 3 heterocycles. The fourth-order valence-corrected chi connectivity index (χ4v) is 11.6. The maximum absolute atomic E-state index is 11.8. The molecular formula is C27H31Br6InN3O3-3.